The van der Waals surface area contributed by atoms with Gasteiger partial charge in [-0.15, -0.1) is 37.2 Å². The third-order valence-corrected chi connectivity index (χ3v) is 4.21. The van der Waals surface area contributed by atoms with E-state index in [-0.39, 0.29) is 61.4 Å². The lowest BCUT2D eigenvalue weighted by molar-refractivity contribution is 0.0469. The van der Waals surface area contributed by atoms with Gasteiger partial charge in [-0.2, -0.15) is 0 Å². The highest BCUT2D eigenvalue weighted by Gasteiger charge is 2.27. The van der Waals surface area contributed by atoms with E-state index in [9.17, 15) is 9.59 Å². The van der Waals surface area contributed by atoms with Gasteiger partial charge in [0.05, 0.1) is 0 Å². The maximum atomic E-state index is 11.8. The van der Waals surface area contributed by atoms with Gasteiger partial charge in [0.2, 0.25) is 0 Å². The van der Waals surface area contributed by atoms with Crippen molar-refractivity contribution in [3.63, 3.8) is 0 Å². The smallest absolute Gasteiger partial charge is 0.407 e. The lowest BCUT2D eigenvalue weighted by Gasteiger charge is -2.32. The zero-order valence-electron chi connectivity index (χ0n) is 20.6. The van der Waals surface area contributed by atoms with Crippen LogP contribution in [-0.2, 0) is 9.47 Å². The minimum absolute atomic E-state index is 0. The Balaban J connectivity index is -0.000000696. The van der Waals surface area contributed by atoms with Gasteiger partial charge in [0.25, 0.3) is 0 Å². The summed E-state index contributed by atoms with van der Waals surface area (Å²) in [7, 11) is 0. The van der Waals surface area contributed by atoms with Gasteiger partial charge in [0.1, 0.15) is 11.2 Å². The molecule has 2 fully saturated rings. The van der Waals surface area contributed by atoms with E-state index in [1.165, 1.54) is 0 Å². The van der Waals surface area contributed by atoms with Crippen LogP contribution < -0.4 is 32.7 Å². The van der Waals surface area contributed by atoms with Gasteiger partial charge < -0.3 is 42.2 Å². The molecule has 33 heavy (non-hydrogen) atoms. The van der Waals surface area contributed by atoms with Crippen LogP contribution >= 0.6 is 37.2 Å². The molecule has 0 aromatic heterocycles. The third kappa shape index (κ3) is 19.3. The normalized spacial score (nSPS) is 24.7. The average Bonchev–Trinajstić information content (AvgIpc) is 2.51. The predicted octanol–water partition coefficient (Wildman–Crippen LogP) is 1.67. The highest BCUT2D eigenvalue weighted by atomic mass is 35.5. The molecule has 8 N–H and O–H groups in total. The Labute approximate surface area is 217 Å². The molecule has 0 aromatic carbocycles. The second-order valence-corrected chi connectivity index (χ2v) is 9.99. The molecule has 0 unspecified atom stereocenters. The topological polar surface area (TPSA) is 153 Å². The lowest BCUT2D eigenvalue weighted by atomic mass is 10.0. The molecule has 0 bridgehead atoms. The Bertz CT molecular complexity index is 517. The van der Waals surface area contributed by atoms with Crippen LogP contribution in [0.2, 0.25) is 0 Å². The molecule has 4 atom stereocenters. The molecule has 2 aliphatic heterocycles. The molecular weight excluding hydrogens is 495 g/mol. The summed E-state index contributed by atoms with van der Waals surface area (Å²) >= 11 is 0. The summed E-state index contributed by atoms with van der Waals surface area (Å²) in [6.07, 6.45) is 0.702. The fraction of sp³-hybridized carbons (Fsp3) is 0.900. The second-order valence-electron chi connectivity index (χ2n) is 9.99. The lowest BCUT2D eigenvalue weighted by Crippen LogP contribution is -2.56. The van der Waals surface area contributed by atoms with Crippen molar-refractivity contribution in [3.05, 3.63) is 0 Å². The number of rotatable bonds is 2. The summed E-state index contributed by atoms with van der Waals surface area (Å²) in [6.45, 7) is 14.0. The Morgan fingerprint density at radius 2 is 1.03 bits per heavy atom. The van der Waals surface area contributed by atoms with E-state index in [0.717, 1.165) is 19.5 Å². The molecule has 200 valence electrons. The van der Waals surface area contributed by atoms with Gasteiger partial charge in [-0.1, -0.05) is 0 Å². The molecule has 2 heterocycles. The molecule has 0 aromatic rings. The highest BCUT2D eigenvalue weighted by molar-refractivity contribution is 5.86. The van der Waals surface area contributed by atoms with Crippen molar-refractivity contribution < 1.29 is 19.1 Å². The first kappa shape index (κ1) is 36.8. The van der Waals surface area contributed by atoms with Crippen molar-refractivity contribution in [2.75, 3.05) is 26.2 Å². The van der Waals surface area contributed by atoms with Crippen molar-refractivity contribution >= 4 is 49.4 Å². The first-order valence-corrected chi connectivity index (χ1v) is 10.6. The van der Waals surface area contributed by atoms with E-state index in [1.54, 1.807) is 0 Å². The Kier molecular flexibility index (Phi) is 18.7. The highest BCUT2D eigenvalue weighted by Crippen LogP contribution is 2.10. The second kappa shape index (κ2) is 16.8. The van der Waals surface area contributed by atoms with Crippen molar-refractivity contribution in [2.24, 2.45) is 11.5 Å². The number of hydrogen-bond acceptors (Lipinski definition) is 8. The Hall–Kier alpha value is -0.750. The summed E-state index contributed by atoms with van der Waals surface area (Å²) < 4.78 is 10.5. The van der Waals surface area contributed by atoms with Gasteiger partial charge in [-0.05, 0) is 54.4 Å². The Morgan fingerprint density at radius 3 is 1.30 bits per heavy atom. The summed E-state index contributed by atoms with van der Waals surface area (Å²) in [4.78, 5) is 23.5. The maximum Gasteiger partial charge on any atom is 0.407 e. The molecule has 2 saturated heterocycles. The van der Waals surface area contributed by atoms with E-state index in [2.05, 4.69) is 21.3 Å². The number of amides is 2. The molecule has 0 radical (unpaired) electrons. The van der Waals surface area contributed by atoms with Crippen LogP contribution in [0, 0.1) is 0 Å². The fourth-order valence-corrected chi connectivity index (χ4v) is 3.12. The summed E-state index contributed by atoms with van der Waals surface area (Å²) in [6, 6.07) is 0.365. The van der Waals surface area contributed by atoms with E-state index in [1.807, 2.05) is 41.5 Å². The van der Waals surface area contributed by atoms with Crippen molar-refractivity contribution in [1.82, 2.24) is 21.3 Å². The van der Waals surface area contributed by atoms with Gasteiger partial charge in [0.15, 0.2) is 0 Å². The number of halogens is 3. The number of ether oxygens (including phenoxy) is 2. The van der Waals surface area contributed by atoms with Crippen LogP contribution in [0.15, 0.2) is 0 Å². The van der Waals surface area contributed by atoms with E-state index >= 15 is 0 Å². The Morgan fingerprint density at radius 1 is 0.697 bits per heavy atom. The quantitative estimate of drug-likeness (QED) is 0.310. The molecule has 0 saturated carbocycles. The summed E-state index contributed by atoms with van der Waals surface area (Å²) in [5, 5.41) is 11.9. The van der Waals surface area contributed by atoms with Crippen LogP contribution in [0.4, 0.5) is 9.59 Å². The molecule has 13 heteroatoms. The fourth-order valence-electron chi connectivity index (χ4n) is 3.12. The van der Waals surface area contributed by atoms with Gasteiger partial charge >= 0.3 is 12.2 Å². The van der Waals surface area contributed by atoms with Crippen LogP contribution in [-0.4, -0.2) is 73.7 Å². The minimum Gasteiger partial charge on any atom is -0.444 e. The van der Waals surface area contributed by atoms with Crippen molar-refractivity contribution in [3.8, 4) is 0 Å². The molecule has 2 rings (SSSR count). The van der Waals surface area contributed by atoms with E-state index in [4.69, 9.17) is 20.9 Å². The number of carbonyl (C=O) groups excluding carboxylic acids is 2. The first-order chi connectivity index (χ1) is 13.7. The SMILES string of the molecule is CC(C)(C)OC(=O)N[C@@H]1CNC[C@H](NC(=O)OC(C)(C)C)C1.Cl.Cl.Cl.N[C@@H]1CNC[C@H](N)C1. The van der Waals surface area contributed by atoms with Gasteiger partial charge in [0, 0.05) is 50.3 Å². The molecule has 2 amide bonds. The van der Waals surface area contributed by atoms with Crippen LogP contribution in [0.25, 0.3) is 0 Å². The standard InChI is InChI=1S/C15H29N3O4.C5H13N3.3ClH/c1-14(2,3)21-12(19)17-10-7-11(9-16-8-10)18-13(20)22-15(4,5)6;6-4-1-5(7)3-8-2-4;;;/h10-11,16H,7-9H2,1-6H3,(H,17,19)(H,18,20);4-5,8H,1-3,6-7H2;3*1H/t10-,11+;4-,5+;;;. The molecule has 0 aliphatic carbocycles. The van der Waals surface area contributed by atoms with Crippen LogP contribution in [0.3, 0.4) is 0 Å². The average molecular weight is 540 g/mol. The third-order valence-electron chi connectivity index (χ3n) is 4.21. The number of nitrogens with one attached hydrogen (secondary N) is 4. The van der Waals surface area contributed by atoms with Crippen LogP contribution in [0.5, 0.6) is 0 Å². The zero-order chi connectivity index (χ0) is 22.9. The van der Waals surface area contributed by atoms with Gasteiger partial charge in [-0.25, -0.2) is 9.59 Å². The monoisotopic (exact) mass is 538 g/mol. The molecule has 10 nitrogen and oxygen atoms in total. The summed E-state index contributed by atoms with van der Waals surface area (Å²) in [5.41, 5.74) is 10.1. The number of nitrogens with two attached hydrogens (primary N) is 2. The van der Waals surface area contributed by atoms with Crippen molar-refractivity contribution in [1.29, 1.82) is 0 Å². The van der Waals surface area contributed by atoms with Crippen LogP contribution in [0.1, 0.15) is 54.4 Å². The first-order valence-electron chi connectivity index (χ1n) is 10.6. The molecule has 0 spiro atoms. The van der Waals surface area contributed by atoms with E-state index < -0.39 is 23.4 Å². The van der Waals surface area contributed by atoms with Crippen molar-refractivity contribution in [2.45, 2.75) is 89.8 Å². The summed E-state index contributed by atoms with van der Waals surface area (Å²) in [5.74, 6) is 0. The van der Waals surface area contributed by atoms with Gasteiger partial charge in [-0.3, -0.25) is 0 Å². The predicted molar refractivity (Wildman–Crippen MR) is 139 cm³/mol. The molecule has 2 aliphatic rings. The largest absolute Gasteiger partial charge is 0.444 e. The number of carbonyl (C=O) groups is 2. The number of piperidine rings is 2. The zero-order valence-corrected chi connectivity index (χ0v) is 23.0. The number of hydrogen-bond donors (Lipinski definition) is 6. The minimum atomic E-state index is -0.527. The number of alkyl carbamates (subject to hydrolysis) is 2. The molecular formula is C20H45Cl3N6O4. The van der Waals surface area contributed by atoms with E-state index in [0.29, 0.717) is 19.5 Å². The maximum absolute atomic E-state index is 11.8.